The number of ether oxygens (including phenoxy) is 2. The minimum absolute atomic E-state index is 0. The van der Waals surface area contributed by atoms with E-state index >= 15 is 0 Å². The topological polar surface area (TPSA) is 144 Å². The number of aryl methyl sites for hydroxylation is 1. The molecule has 0 atom stereocenters. The number of rotatable bonds is 6. The molecule has 10 nitrogen and oxygen atoms in total. The van der Waals surface area contributed by atoms with Crippen LogP contribution in [0.1, 0.15) is 12.6 Å². The predicted octanol–water partition coefficient (Wildman–Crippen LogP) is 2.97. The molecule has 4 N–H and O–H groups in total. The van der Waals surface area contributed by atoms with Gasteiger partial charge < -0.3 is 25.5 Å². The van der Waals surface area contributed by atoms with Gasteiger partial charge in [0.1, 0.15) is 28.6 Å². The van der Waals surface area contributed by atoms with E-state index in [0.29, 0.717) is 39.7 Å². The Labute approximate surface area is 207 Å². The van der Waals surface area contributed by atoms with Crippen LogP contribution in [0.15, 0.2) is 40.0 Å². The highest BCUT2D eigenvalue weighted by atomic mass is 35.5. The Morgan fingerprint density at radius 2 is 1.91 bits per heavy atom. The summed E-state index contributed by atoms with van der Waals surface area (Å²) in [6.45, 7) is 1.73. The lowest BCUT2D eigenvalue weighted by atomic mass is 10.1. The molecule has 0 saturated carbocycles. The standard InChI is InChI=1S/C22H24ClN7O3.ClH/c1-11(24)14(8-26-2)15-9-27-21(25)20(28-15)16-10-30(3)22(31)19(29-16)13-6-12(32-4)7-17(33-5)18(13)23;/h6-10H,24H2,1-5H3,(H2,25,27);1H. The van der Waals surface area contributed by atoms with Gasteiger partial charge in [-0.3, -0.25) is 9.79 Å². The van der Waals surface area contributed by atoms with E-state index in [1.54, 1.807) is 39.4 Å². The third kappa shape index (κ3) is 5.13. The van der Waals surface area contributed by atoms with Crippen molar-refractivity contribution in [1.82, 2.24) is 19.5 Å². The second kappa shape index (κ2) is 11.0. The summed E-state index contributed by atoms with van der Waals surface area (Å²) in [4.78, 5) is 30.4. The van der Waals surface area contributed by atoms with E-state index in [2.05, 4.69) is 19.9 Å². The number of nitrogen functional groups attached to an aromatic ring is 1. The third-order valence-corrected chi connectivity index (χ3v) is 5.19. The minimum Gasteiger partial charge on any atom is -0.497 e. The highest BCUT2D eigenvalue weighted by Crippen LogP contribution is 2.38. The Morgan fingerprint density at radius 3 is 2.50 bits per heavy atom. The van der Waals surface area contributed by atoms with E-state index in [4.69, 9.17) is 32.5 Å². The molecule has 1 aromatic carbocycles. The van der Waals surface area contributed by atoms with Crippen LogP contribution in [-0.2, 0) is 7.05 Å². The molecule has 3 rings (SSSR count). The quantitative estimate of drug-likeness (QED) is 0.486. The van der Waals surface area contributed by atoms with Crippen LogP contribution in [0.2, 0.25) is 5.02 Å². The van der Waals surface area contributed by atoms with Gasteiger partial charge in [-0.15, -0.1) is 12.4 Å². The van der Waals surface area contributed by atoms with E-state index in [1.165, 1.54) is 31.2 Å². The smallest absolute Gasteiger partial charge is 0.276 e. The van der Waals surface area contributed by atoms with Crippen molar-refractivity contribution >= 4 is 41.6 Å². The van der Waals surface area contributed by atoms with Crippen molar-refractivity contribution in [1.29, 1.82) is 0 Å². The normalized spacial score (nSPS) is 11.7. The number of nitrogens with two attached hydrogens (primary N) is 2. The van der Waals surface area contributed by atoms with Crippen LogP contribution in [0.3, 0.4) is 0 Å². The van der Waals surface area contributed by atoms with E-state index in [-0.39, 0.29) is 40.2 Å². The Balaban J connectivity index is 0.00000408. The molecule has 180 valence electrons. The number of allylic oxidation sites excluding steroid dienone is 2. The Morgan fingerprint density at radius 1 is 1.21 bits per heavy atom. The van der Waals surface area contributed by atoms with Crippen molar-refractivity contribution in [3.63, 3.8) is 0 Å². The van der Waals surface area contributed by atoms with Crippen LogP contribution in [0.4, 0.5) is 5.82 Å². The van der Waals surface area contributed by atoms with Gasteiger partial charge in [0.25, 0.3) is 5.56 Å². The summed E-state index contributed by atoms with van der Waals surface area (Å²) in [7, 11) is 6.19. The molecule has 0 saturated heterocycles. The van der Waals surface area contributed by atoms with Gasteiger partial charge in [0.05, 0.1) is 31.1 Å². The number of halogens is 2. The molecule has 0 amide bonds. The molecule has 12 heteroatoms. The van der Waals surface area contributed by atoms with Crippen LogP contribution >= 0.6 is 24.0 Å². The maximum absolute atomic E-state index is 13.0. The van der Waals surface area contributed by atoms with Gasteiger partial charge in [-0.25, -0.2) is 15.0 Å². The number of benzene rings is 1. The number of aromatic nitrogens is 4. The fraction of sp³-hybridized carbons (Fsp3) is 0.227. The SMILES string of the molecule is CN=CC(=C(C)N)c1cnc(N)c(-c2cn(C)c(=O)c(-c3cc(OC)cc(OC)c3Cl)n2)n1.Cl. The summed E-state index contributed by atoms with van der Waals surface area (Å²) in [6, 6.07) is 3.23. The van der Waals surface area contributed by atoms with E-state index in [0.717, 1.165) is 0 Å². The number of anilines is 1. The van der Waals surface area contributed by atoms with E-state index < -0.39 is 0 Å². The van der Waals surface area contributed by atoms with Gasteiger partial charge in [-0.2, -0.15) is 0 Å². The van der Waals surface area contributed by atoms with Crippen molar-refractivity contribution in [3.8, 4) is 34.1 Å². The van der Waals surface area contributed by atoms with Gasteiger partial charge in [-0.05, 0) is 13.0 Å². The second-order valence-corrected chi connectivity index (χ2v) is 7.43. The summed E-state index contributed by atoms with van der Waals surface area (Å²) >= 11 is 6.51. The first-order valence-corrected chi connectivity index (χ1v) is 10.1. The van der Waals surface area contributed by atoms with Crippen molar-refractivity contribution < 1.29 is 9.47 Å². The summed E-state index contributed by atoms with van der Waals surface area (Å²) < 4.78 is 12.0. The molecule has 0 aliphatic carbocycles. The highest BCUT2D eigenvalue weighted by molar-refractivity contribution is 6.34. The monoisotopic (exact) mass is 505 g/mol. The molecule has 0 spiro atoms. The van der Waals surface area contributed by atoms with Crippen molar-refractivity contribution in [2.45, 2.75) is 6.92 Å². The molecule has 0 aliphatic heterocycles. The maximum atomic E-state index is 13.0. The third-order valence-electron chi connectivity index (χ3n) is 4.80. The molecule has 2 heterocycles. The number of nitrogens with zero attached hydrogens (tertiary/aromatic N) is 5. The Kier molecular flexibility index (Phi) is 8.61. The fourth-order valence-electron chi connectivity index (χ4n) is 3.12. The highest BCUT2D eigenvalue weighted by Gasteiger charge is 2.20. The first-order chi connectivity index (χ1) is 15.7. The predicted molar refractivity (Wildman–Crippen MR) is 137 cm³/mol. The molecule has 0 bridgehead atoms. The lowest BCUT2D eigenvalue weighted by Crippen LogP contribution is -2.21. The van der Waals surface area contributed by atoms with Crippen molar-refractivity contribution in [3.05, 3.63) is 51.3 Å². The lowest BCUT2D eigenvalue weighted by molar-refractivity contribution is 0.395. The molecule has 0 unspecified atom stereocenters. The molecule has 0 radical (unpaired) electrons. The van der Waals surface area contributed by atoms with Gasteiger partial charge in [0.15, 0.2) is 5.82 Å². The molecular formula is C22H25Cl2N7O3. The lowest BCUT2D eigenvalue weighted by Gasteiger charge is -2.14. The largest absolute Gasteiger partial charge is 0.497 e. The van der Waals surface area contributed by atoms with E-state index in [9.17, 15) is 4.79 Å². The number of hydrogen-bond acceptors (Lipinski definition) is 9. The maximum Gasteiger partial charge on any atom is 0.276 e. The van der Waals surface area contributed by atoms with Gasteiger partial charge in [0, 0.05) is 49.4 Å². The van der Waals surface area contributed by atoms with Crippen LogP contribution in [-0.4, -0.2) is 47.0 Å². The fourth-order valence-corrected chi connectivity index (χ4v) is 3.40. The molecule has 34 heavy (non-hydrogen) atoms. The van der Waals surface area contributed by atoms with Gasteiger partial charge in [-0.1, -0.05) is 11.6 Å². The number of methoxy groups -OCH3 is 2. The molecule has 2 aromatic heterocycles. The average molecular weight is 506 g/mol. The van der Waals surface area contributed by atoms with Gasteiger partial charge in [0.2, 0.25) is 0 Å². The molecule has 0 fully saturated rings. The zero-order valence-electron chi connectivity index (χ0n) is 19.3. The summed E-state index contributed by atoms with van der Waals surface area (Å²) in [5, 5.41) is 0.219. The summed E-state index contributed by atoms with van der Waals surface area (Å²) in [5.41, 5.74) is 14.3. The first-order valence-electron chi connectivity index (χ1n) is 9.73. The van der Waals surface area contributed by atoms with Crippen LogP contribution in [0.25, 0.3) is 28.2 Å². The molecule has 0 aliphatic rings. The van der Waals surface area contributed by atoms with Crippen molar-refractivity contribution in [2.24, 2.45) is 17.8 Å². The summed E-state index contributed by atoms with van der Waals surface area (Å²) in [6.07, 6.45) is 4.61. The Hall–Kier alpha value is -3.63. The van der Waals surface area contributed by atoms with E-state index in [1.807, 2.05) is 0 Å². The van der Waals surface area contributed by atoms with Crippen LogP contribution in [0, 0.1) is 0 Å². The summed E-state index contributed by atoms with van der Waals surface area (Å²) in [5.74, 6) is 0.926. The van der Waals surface area contributed by atoms with Gasteiger partial charge >= 0.3 is 0 Å². The van der Waals surface area contributed by atoms with Crippen molar-refractivity contribution in [2.75, 3.05) is 27.0 Å². The van der Waals surface area contributed by atoms with Crippen LogP contribution < -0.4 is 26.5 Å². The zero-order chi connectivity index (χ0) is 24.3. The minimum atomic E-state index is -0.379. The Bertz CT molecular complexity index is 1330. The molecular weight excluding hydrogens is 481 g/mol. The number of aliphatic imine (C=N–C) groups is 1. The zero-order valence-corrected chi connectivity index (χ0v) is 20.9. The molecule has 3 aromatic rings. The second-order valence-electron chi connectivity index (χ2n) is 7.06. The van der Waals surface area contributed by atoms with Crippen LogP contribution in [0.5, 0.6) is 11.5 Å². The number of hydrogen-bond donors (Lipinski definition) is 2. The first kappa shape index (κ1) is 26.6. The average Bonchev–Trinajstić information content (AvgIpc) is 2.80.